The first kappa shape index (κ1) is 38.5. The zero-order valence-electron chi connectivity index (χ0n) is 32.9. The third-order valence-electron chi connectivity index (χ3n) is 12.4. The van der Waals surface area contributed by atoms with Crippen molar-refractivity contribution in [3.8, 4) is 0 Å². The highest BCUT2D eigenvalue weighted by Crippen LogP contribution is 2.34. The number of hydrogen-bond acceptors (Lipinski definition) is 4. The van der Waals surface area contributed by atoms with Crippen molar-refractivity contribution in [1.82, 2.24) is 29.2 Å². The van der Waals surface area contributed by atoms with Gasteiger partial charge in [-0.2, -0.15) is 0 Å². The summed E-state index contributed by atoms with van der Waals surface area (Å²) >= 11 is 0. The second-order valence-electron chi connectivity index (χ2n) is 16.4. The molecule has 0 saturated carbocycles. The highest BCUT2D eigenvalue weighted by Gasteiger charge is 2.28. The predicted octanol–water partition coefficient (Wildman–Crippen LogP) is 8.12. The van der Waals surface area contributed by atoms with E-state index in [2.05, 4.69) is 60.3 Å². The summed E-state index contributed by atoms with van der Waals surface area (Å²) in [6, 6.07) is 12.4. The van der Waals surface area contributed by atoms with Crippen LogP contribution in [-0.4, -0.2) is 87.9 Å². The quantitative estimate of drug-likeness (QED) is 0.198. The zero-order chi connectivity index (χ0) is 37.9. The molecule has 6 heterocycles. The minimum Gasteiger partial charge on any atom is -0.344 e. The lowest BCUT2D eigenvalue weighted by molar-refractivity contribution is 0.0689. The Bertz CT molecular complexity index is 1950. The molecule has 2 saturated heterocycles. The standard InChI is InChI=1S/C23H31F2N3O.C21H29N3O/c1-3-9-28-20-5-4-17(23(29)27-11-6-16(2)7-12-27)13-18(20)19-14-26(15-22(24)25)10-8-21(19)28;1-3-10-24-19-5-4-16(21(25)23-11-7-15(2)8-12-23)13-17(19)18-14-22-9-6-20(18)24/h4-5,13,16,22H,3,6-12,14-15H2,1-2H3;4-5,13,15,22H,3,6-12,14H2,1-2H3. The maximum atomic E-state index is 13.1. The summed E-state index contributed by atoms with van der Waals surface area (Å²) in [5, 5.41) is 5.83. The SMILES string of the molecule is CCCn1c2c(c3cc(C(=O)N4CCC(C)CC4)ccc31)CN(CC(F)F)CC2.CCCn1c2c(c3cc(C(=O)N4CCC(C)CC4)ccc31)CNCC2. The van der Waals surface area contributed by atoms with Crippen LogP contribution in [-0.2, 0) is 39.0 Å². The Morgan fingerprint density at radius 2 is 1.22 bits per heavy atom. The van der Waals surface area contributed by atoms with Gasteiger partial charge in [0.15, 0.2) is 0 Å². The maximum absolute atomic E-state index is 13.1. The van der Waals surface area contributed by atoms with Gasteiger partial charge in [-0.15, -0.1) is 0 Å². The highest BCUT2D eigenvalue weighted by atomic mass is 19.3. The number of carbonyl (C=O) groups is 2. The number of rotatable bonds is 8. The van der Waals surface area contributed by atoms with E-state index in [-0.39, 0.29) is 18.4 Å². The van der Waals surface area contributed by atoms with Gasteiger partial charge in [-0.05, 0) is 97.9 Å². The van der Waals surface area contributed by atoms with E-state index in [1.165, 1.54) is 27.9 Å². The van der Waals surface area contributed by atoms with Gasteiger partial charge >= 0.3 is 0 Å². The van der Waals surface area contributed by atoms with E-state index in [9.17, 15) is 18.4 Å². The summed E-state index contributed by atoms with van der Waals surface area (Å²) < 4.78 is 30.7. The molecule has 0 bridgehead atoms. The van der Waals surface area contributed by atoms with Crippen LogP contribution in [0.3, 0.4) is 0 Å². The zero-order valence-corrected chi connectivity index (χ0v) is 32.9. The Morgan fingerprint density at radius 3 is 1.72 bits per heavy atom. The lowest BCUT2D eigenvalue weighted by Gasteiger charge is -2.30. The second kappa shape index (κ2) is 16.9. The van der Waals surface area contributed by atoms with Crippen molar-refractivity contribution in [2.24, 2.45) is 11.8 Å². The van der Waals surface area contributed by atoms with E-state index in [1.807, 2.05) is 32.9 Å². The Morgan fingerprint density at radius 1 is 0.722 bits per heavy atom. The molecule has 8 rings (SSSR count). The van der Waals surface area contributed by atoms with Crippen LogP contribution in [0.2, 0.25) is 0 Å². The number of hydrogen-bond donors (Lipinski definition) is 1. The number of halogens is 2. The van der Waals surface area contributed by atoms with Crippen LogP contribution in [0.25, 0.3) is 21.8 Å². The van der Waals surface area contributed by atoms with E-state index in [0.29, 0.717) is 19.0 Å². The van der Waals surface area contributed by atoms with E-state index < -0.39 is 6.43 Å². The molecule has 2 aromatic heterocycles. The molecule has 0 aliphatic carbocycles. The van der Waals surface area contributed by atoms with Crippen LogP contribution in [0.1, 0.15) is 109 Å². The van der Waals surface area contributed by atoms with E-state index in [1.54, 1.807) is 0 Å². The summed E-state index contributed by atoms with van der Waals surface area (Å²) in [5.41, 5.74) is 9.23. The summed E-state index contributed by atoms with van der Waals surface area (Å²) in [6.07, 6.45) is 6.05. The van der Waals surface area contributed by atoms with Crippen LogP contribution < -0.4 is 5.32 Å². The lowest BCUT2D eigenvalue weighted by atomic mass is 9.98. The first-order valence-corrected chi connectivity index (χ1v) is 20.7. The molecule has 2 fully saturated rings. The highest BCUT2D eigenvalue weighted by molar-refractivity contribution is 6.00. The van der Waals surface area contributed by atoms with Gasteiger partial charge in [0, 0.05) is 123 Å². The van der Waals surface area contributed by atoms with Crippen molar-refractivity contribution in [2.45, 2.75) is 112 Å². The molecule has 292 valence electrons. The molecule has 0 unspecified atom stereocenters. The number of nitrogens with one attached hydrogen (secondary N) is 1. The molecule has 8 nitrogen and oxygen atoms in total. The largest absolute Gasteiger partial charge is 0.344 e. The molecule has 4 aromatic rings. The van der Waals surface area contributed by atoms with Gasteiger partial charge in [0.05, 0.1) is 6.54 Å². The number of aromatic nitrogens is 2. The van der Waals surface area contributed by atoms with Crippen LogP contribution in [0.15, 0.2) is 36.4 Å². The fourth-order valence-corrected chi connectivity index (χ4v) is 9.25. The minimum atomic E-state index is -2.32. The Balaban J connectivity index is 0.000000168. The number of amides is 2. The van der Waals surface area contributed by atoms with Gasteiger partial charge < -0.3 is 24.3 Å². The first-order valence-electron chi connectivity index (χ1n) is 20.7. The topological polar surface area (TPSA) is 65.8 Å². The molecule has 10 heteroatoms. The number of benzene rings is 2. The van der Waals surface area contributed by atoms with E-state index >= 15 is 0 Å². The molecule has 0 radical (unpaired) electrons. The van der Waals surface area contributed by atoms with Crippen molar-refractivity contribution >= 4 is 33.6 Å². The number of fused-ring (bicyclic) bond motifs is 6. The van der Waals surface area contributed by atoms with Crippen LogP contribution in [0, 0.1) is 11.8 Å². The molecular formula is C44H60F2N6O2. The van der Waals surface area contributed by atoms with E-state index in [4.69, 9.17) is 0 Å². The fraction of sp³-hybridized carbons (Fsp3) is 0.591. The monoisotopic (exact) mass is 742 g/mol. The van der Waals surface area contributed by atoms with Gasteiger partial charge in [0.25, 0.3) is 18.2 Å². The molecule has 2 amide bonds. The number of alkyl halides is 2. The fourth-order valence-electron chi connectivity index (χ4n) is 9.25. The van der Waals surface area contributed by atoms with Crippen molar-refractivity contribution in [2.75, 3.05) is 45.8 Å². The second-order valence-corrected chi connectivity index (χ2v) is 16.4. The molecule has 54 heavy (non-hydrogen) atoms. The summed E-state index contributed by atoms with van der Waals surface area (Å²) in [6.45, 7) is 17.3. The number of likely N-dealkylation sites (tertiary alicyclic amines) is 2. The molecule has 0 atom stereocenters. The van der Waals surface area contributed by atoms with Crippen LogP contribution in [0.5, 0.6) is 0 Å². The summed E-state index contributed by atoms with van der Waals surface area (Å²) in [7, 11) is 0. The molecule has 0 spiro atoms. The molecule has 2 aromatic carbocycles. The van der Waals surface area contributed by atoms with Crippen molar-refractivity contribution in [3.05, 3.63) is 70.0 Å². The Hall–Kier alpha value is -3.76. The van der Waals surface area contributed by atoms with Crippen molar-refractivity contribution in [3.63, 3.8) is 0 Å². The number of nitrogens with zero attached hydrogens (tertiary/aromatic N) is 5. The summed E-state index contributed by atoms with van der Waals surface area (Å²) in [5.74, 6) is 1.72. The van der Waals surface area contributed by atoms with Crippen LogP contribution in [0.4, 0.5) is 8.78 Å². The summed E-state index contributed by atoms with van der Waals surface area (Å²) in [4.78, 5) is 31.9. The maximum Gasteiger partial charge on any atom is 0.253 e. The number of piperidine rings is 2. The van der Waals surface area contributed by atoms with Gasteiger partial charge in [-0.3, -0.25) is 14.5 Å². The average Bonchev–Trinajstić information content (AvgIpc) is 3.66. The minimum absolute atomic E-state index is 0.0936. The number of carbonyl (C=O) groups excluding carboxylic acids is 2. The Kier molecular flexibility index (Phi) is 12.1. The molecule has 4 aliphatic rings. The van der Waals surface area contributed by atoms with Crippen molar-refractivity contribution in [1.29, 1.82) is 0 Å². The molecule has 1 N–H and O–H groups in total. The van der Waals surface area contributed by atoms with Crippen LogP contribution >= 0.6 is 0 Å². The number of aryl methyl sites for hydroxylation is 2. The third-order valence-corrected chi connectivity index (χ3v) is 12.4. The van der Waals surface area contributed by atoms with Gasteiger partial charge in [-0.25, -0.2) is 8.78 Å². The smallest absolute Gasteiger partial charge is 0.253 e. The van der Waals surface area contributed by atoms with Gasteiger partial charge in [0.2, 0.25) is 0 Å². The normalized spacial score (nSPS) is 18.6. The van der Waals surface area contributed by atoms with Gasteiger partial charge in [0.1, 0.15) is 0 Å². The molecule has 4 aliphatic heterocycles. The Labute approximate surface area is 319 Å². The van der Waals surface area contributed by atoms with Gasteiger partial charge in [-0.1, -0.05) is 27.7 Å². The first-order chi connectivity index (χ1) is 26.2. The average molecular weight is 743 g/mol. The lowest BCUT2D eigenvalue weighted by Crippen LogP contribution is -2.37. The molecular weight excluding hydrogens is 683 g/mol. The predicted molar refractivity (Wildman–Crippen MR) is 213 cm³/mol. The van der Waals surface area contributed by atoms with Crippen molar-refractivity contribution < 1.29 is 18.4 Å². The third kappa shape index (κ3) is 7.97. The van der Waals surface area contributed by atoms with E-state index in [0.717, 1.165) is 137 Å².